The van der Waals surface area contributed by atoms with Gasteiger partial charge in [-0.15, -0.1) is 0 Å². The lowest BCUT2D eigenvalue weighted by Crippen LogP contribution is -1.95. The van der Waals surface area contributed by atoms with Gasteiger partial charge < -0.3 is 0 Å². The van der Waals surface area contributed by atoms with Crippen molar-refractivity contribution >= 4 is 5.78 Å². The summed E-state index contributed by atoms with van der Waals surface area (Å²) >= 11 is 0. The monoisotopic (exact) mass is 121 g/mol. The Hall–Kier alpha value is -1.25. The molecule has 0 aliphatic rings. The molecule has 0 aliphatic heterocycles. The van der Waals surface area contributed by atoms with Gasteiger partial charge in [0.1, 0.15) is 5.69 Å². The summed E-state index contributed by atoms with van der Waals surface area (Å²) in [6.45, 7) is 1.45. The van der Waals surface area contributed by atoms with E-state index in [0.29, 0.717) is 5.69 Å². The number of rotatable bonds is 1. The first-order chi connectivity index (χ1) is 4.30. The summed E-state index contributed by atoms with van der Waals surface area (Å²) in [5.41, 5.74) is 0.407. The Morgan fingerprint density at radius 2 is 2.56 bits per heavy atom. The van der Waals surface area contributed by atoms with E-state index in [-0.39, 0.29) is 5.78 Å². The molecule has 0 unspecified atom stereocenters. The molecule has 1 aromatic rings. The summed E-state index contributed by atoms with van der Waals surface area (Å²) in [6.07, 6.45) is 3.81. The van der Waals surface area contributed by atoms with Crippen molar-refractivity contribution in [3.63, 3.8) is 0 Å². The third-order valence-corrected chi connectivity index (χ3v) is 0.896. The van der Waals surface area contributed by atoms with E-state index in [1.807, 2.05) is 0 Å². The van der Waals surface area contributed by atoms with Gasteiger partial charge in [-0.2, -0.15) is 0 Å². The average molecular weight is 121 g/mol. The second-order valence-electron chi connectivity index (χ2n) is 1.60. The minimum Gasteiger partial charge on any atom is -0.293 e. The van der Waals surface area contributed by atoms with Gasteiger partial charge in [0.05, 0.1) is 0 Å². The van der Waals surface area contributed by atoms with E-state index in [1.54, 1.807) is 6.07 Å². The van der Waals surface area contributed by atoms with Crippen molar-refractivity contribution in [1.29, 1.82) is 0 Å². The highest BCUT2D eigenvalue weighted by Crippen LogP contribution is 1.89. The molecule has 0 fully saturated rings. The molecule has 1 radical (unpaired) electrons. The van der Waals surface area contributed by atoms with Crippen LogP contribution in [0.3, 0.4) is 0 Å². The molecule has 0 N–H and O–H groups in total. The Balaban J connectivity index is 2.98. The van der Waals surface area contributed by atoms with Crippen LogP contribution in [-0.2, 0) is 0 Å². The van der Waals surface area contributed by atoms with Gasteiger partial charge in [0.2, 0.25) is 0 Å². The lowest BCUT2D eigenvalue weighted by Gasteiger charge is -1.87. The second-order valence-corrected chi connectivity index (χ2v) is 1.60. The van der Waals surface area contributed by atoms with Crippen LogP contribution < -0.4 is 0 Å². The molecule has 0 aliphatic carbocycles. The summed E-state index contributed by atoms with van der Waals surface area (Å²) in [5.74, 6) is -0.0614. The molecule has 9 heavy (non-hydrogen) atoms. The summed E-state index contributed by atoms with van der Waals surface area (Å²) in [6, 6.07) is 1.55. The number of carbonyl (C=O) groups excluding carboxylic acids is 1. The number of nitrogens with zero attached hydrogens (tertiary/aromatic N) is 2. The molecule has 3 nitrogen and oxygen atoms in total. The fourth-order valence-corrected chi connectivity index (χ4v) is 0.457. The van der Waals surface area contributed by atoms with Crippen LogP contribution in [0, 0.1) is 6.33 Å². The van der Waals surface area contributed by atoms with E-state index in [1.165, 1.54) is 13.1 Å². The third-order valence-electron chi connectivity index (χ3n) is 0.896. The highest BCUT2D eigenvalue weighted by molar-refractivity contribution is 5.91. The van der Waals surface area contributed by atoms with Gasteiger partial charge in [-0.1, -0.05) is 0 Å². The maximum Gasteiger partial charge on any atom is 0.198 e. The largest absolute Gasteiger partial charge is 0.293 e. The van der Waals surface area contributed by atoms with Gasteiger partial charge in [-0.3, -0.25) is 4.79 Å². The van der Waals surface area contributed by atoms with E-state index < -0.39 is 0 Å². The Kier molecular flexibility index (Phi) is 1.53. The Labute approximate surface area is 52.8 Å². The number of hydrogen-bond acceptors (Lipinski definition) is 3. The Morgan fingerprint density at radius 1 is 1.78 bits per heavy atom. The smallest absolute Gasteiger partial charge is 0.198 e. The SMILES string of the molecule is CC(=O)c1ccn[c]n1. The van der Waals surface area contributed by atoms with Crippen LogP contribution in [-0.4, -0.2) is 15.8 Å². The molecule has 0 atom stereocenters. The van der Waals surface area contributed by atoms with Crippen LogP contribution in [0.2, 0.25) is 0 Å². The predicted octanol–water partition coefficient (Wildman–Crippen LogP) is 0.479. The zero-order valence-electron chi connectivity index (χ0n) is 4.96. The molecule has 0 bridgehead atoms. The van der Waals surface area contributed by atoms with Crippen molar-refractivity contribution in [3.05, 3.63) is 24.3 Å². The summed E-state index contributed by atoms with van der Waals surface area (Å²) < 4.78 is 0. The van der Waals surface area contributed by atoms with Crippen LogP contribution >= 0.6 is 0 Å². The molecule has 1 heterocycles. The van der Waals surface area contributed by atoms with Crippen LogP contribution in [0.15, 0.2) is 12.3 Å². The minimum absolute atomic E-state index is 0.0614. The molecule has 45 valence electrons. The highest BCUT2D eigenvalue weighted by atomic mass is 16.1. The van der Waals surface area contributed by atoms with Crippen LogP contribution in [0.1, 0.15) is 17.4 Å². The average Bonchev–Trinajstić information content (AvgIpc) is 1.90. The normalized spacial score (nSPS) is 9.00. The van der Waals surface area contributed by atoms with E-state index >= 15 is 0 Å². The minimum atomic E-state index is -0.0614. The predicted molar refractivity (Wildman–Crippen MR) is 30.9 cm³/mol. The van der Waals surface area contributed by atoms with Gasteiger partial charge in [0.15, 0.2) is 12.1 Å². The molecular formula is C6H5N2O. The molecule has 3 heteroatoms. The second kappa shape index (κ2) is 2.35. The number of carbonyl (C=O) groups is 1. The summed E-state index contributed by atoms with van der Waals surface area (Å²) in [4.78, 5) is 17.7. The number of hydrogen-bond donors (Lipinski definition) is 0. The Bertz CT molecular complexity index is 208. The molecule has 0 aromatic carbocycles. The first-order valence-electron chi connectivity index (χ1n) is 2.51. The van der Waals surface area contributed by atoms with E-state index in [0.717, 1.165) is 0 Å². The quantitative estimate of drug-likeness (QED) is 0.507. The van der Waals surface area contributed by atoms with Crippen LogP contribution in [0.4, 0.5) is 0 Å². The lowest BCUT2D eigenvalue weighted by molar-refractivity contribution is 0.101. The van der Waals surface area contributed by atoms with Crippen molar-refractivity contribution in [2.45, 2.75) is 6.92 Å². The van der Waals surface area contributed by atoms with Gasteiger partial charge in [0.25, 0.3) is 0 Å². The van der Waals surface area contributed by atoms with Crippen LogP contribution in [0.5, 0.6) is 0 Å². The number of aromatic nitrogens is 2. The fourth-order valence-electron chi connectivity index (χ4n) is 0.457. The topological polar surface area (TPSA) is 42.9 Å². The van der Waals surface area contributed by atoms with Gasteiger partial charge in [-0.25, -0.2) is 9.97 Å². The maximum absolute atomic E-state index is 10.5. The Morgan fingerprint density at radius 3 is 2.89 bits per heavy atom. The van der Waals surface area contributed by atoms with Crippen molar-refractivity contribution in [1.82, 2.24) is 9.97 Å². The summed E-state index contributed by atoms with van der Waals surface area (Å²) in [5, 5.41) is 0. The van der Waals surface area contributed by atoms with Gasteiger partial charge in [0, 0.05) is 13.1 Å². The number of ketones is 1. The third kappa shape index (κ3) is 1.32. The zero-order valence-corrected chi connectivity index (χ0v) is 4.96. The van der Waals surface area contributed by atoms with Crippen molar-refractivity contribution in [2.24, 2.45) is 0 Å². The van der Waals surface area contributed by atoms with Gasteiger partial charge in [-0.05, 0) is 6.07 Å². The summed E-state index contributed by atoms with van der Waals surface area (Å²) in [7, 11) is 0. The molecule has 1 rings (SSSR count). The van der Waals surface area contributed by atoms with E-state index in [4.69, 9.17) is 0 Å². The fraction of sp³-hybridized carbons (Fsp3) is 0.167. The molecule has 0 amide bonds. The maximum atomic E-state index is 10.5. The molecule has 0 saturated heterocycles. The molecule has 0 saturated carbocycles. The zero-order chi connectivity index (χ0) is 6.69. The lowest BCUT2D eigenvalue weighted by atomic mass is 10.3. The first-order valence-corrected chi connectivity index (χ1v) is 2.51. The van der Waals surface area contributed by atoms with Gasteiger partial charge >= 0.3 is 0 Å². The number of Topliss-reactive ketones (excluding diaryl/α,β-unsaturated/α-hetero) is 1. The highest BCUT2D eigenvalue weighted by Gasteiger charge is 1.96. The van der Waals surface area contributed by atoms with Crippen molar-refractivity contribution < 1.29 is 4.79 Å². The van der Waals surface area contributed by atoms with Crippen molar-refractivity contribution in [2.75, 3.05) is 0 Å². The standard InChI is InChI=1S/C6H5N2O/c1-5(9)6-2-3-7-4-8-6/h2-3H,1H3. The van der Waals surface area contributed by atoms with E-state index in [2.05, 4.69) is 16.3 Å². The van der Waals surface area contributed by atoms with E-state index in [9.17, 15) is 4.79 Å². The molecule has 1 aromatic heterocycles. The van der Waals surface area contributed by atoms with Crippen molar-refractivity contribution in [3.8, 4) is 0 Å². The molecular weight excluding hydrogens is 116 g/mol. The van der Waals surface area contributed by atoms with Crippen LogP contribution in [0.25, 0.3) is 0 Å². The first kappa shape index (κ1) is 5.88. The molecule has 0 spiro atoms.